The van der Waals surface area contributed by atoms with Crippen molar-refractivity contribution >= 4 is 43.4 Å². The van der Waals surface area contributed by atoms with E-state index < -0.39 is 45.2 Å². The number of aryl methyl sites for hydroxylation is 2. The van der Waals surface area contributed by atoms with Crippen molar-refractivity contribution in [2.24, 2.45) is 5.41 Å². The second-order valence-electron chi connectivity index (χ2n) is 9.18. The van der Waals surface area contributed by atoms with Crippen LogP contribution in [0.3, 0.4) is 0 Å². The number of ether oxygens (including phenoxy) is 2. The number of benzene rings is 3. The highest BCUT2D eigenvalue weighted by Crippen LogP contribution is 2.37. The lowest BCUT2D eigenvalue weighted by Gasteiger charge is -2.39. The van der Waals surface area contributed by atoms with Crippen molar-refractivity contribution in [3.8, 4) is 0 Å². The maximum absolute atomic E-state index is 12.9. The lowest BCUT2D eigenvalue weighted by molar-refractivity contribution is -0.244. The van der Waals surface area contributed by atoms with Gasteiger partial charge < -0.3 is 9.47 Å². The van der Waals surface area contributed by atoms with Gasteiger partial charge in [0, 0.05) is 10.6 Å². The van der Waals surface area contributed by atoms with E-state index in [4.69, 9.17) is 41.0 Å². The van der Waals surface area contributed by atoms with Crippen LogP contribution in [-0.4, -0.2) is 43.3 Å². The number of halogens is 2. The fourth-order valence-corrected chi connectivity index (χ4v) is 6.15. The van der Waals surface area contributed by atoms with Crippen LogP contribution in [0.5, 0.6) is 0 Å². The molecule has 1 aliphatic rings. The Bertz CT molecular complexity index is 1400. The van der Waals surface area contributed by atoms with Gasteiger partial charge in [0.25, 0.3) is 20.2 Å². The SMILES string of the molecule is Cc1ccc(S(=O)(=O)OCC2(COS(=O)(=O)c3ccc(C)cc3)COC(c3ccc(Cl)cc3Cl)OC2)cc1. The van der Waals surface area contributed by atoms with Gasteiger partial charge >= 0.3 is 0 Å². The van der Waals surface area contributed by atoms with Gasteiger partial charge in [0.1, 0.15) is 0 Å². The summed E-state index contributed by atoms with van der Waals surface area (Å²) in [7, 11) is -8.31. The third kappa shape index (κ3) is 6.94. The quantitative estimate of drug-likeness (QED) is 0.298. The molecule has 38 heavy (non-hydrogen) atoms. The van der Waals surface area contributed by atoms with E-state index >= 15 is 0 Å². The molecule has 1 fully saturated rings. The molecule has 1 aliphatic heterocycles. The minimum atomic E-state index is -4.15. The van der Waals surface area contributed by atoms with Crippen LogP contribution in [0.2, 0.25) is 10.0 Å². The van der Waals surface area contributed by atoms with Crippen LogP contribution in [0.25, 0.3) is 0 Å². The van der Waals surface area contributed by atoms with Crippen LogP contribution in [-0.2, 0) is 38.1 Å². The van der Waals surface area contributed by atoms with Crippen molar-refractivity contribution in [2.45, 2.75) is 29.9 Å². The Hall–Kier alpha value is -2.02. The second-order valence-corrected chi connectivity index (χ2v) is 13.3. The second kappa shape index (κ2) is 11.6. The normalized spacial score (nSPS) is 16.4. The van der Waals surface area contributed by atoms with Crippen LogP contribution in [0, 0.1) is 19.3 Å². The summed E-state index contributed by atoms with van der Waals surface area (Å²) in [6.07, 6.45) is -0.879. The van der Waals surface area contributed by atoms with E-state index in [0.29, 0.717) is 15.6 Å². The molecule has 1 saturated heterocycles. The van der Waals surface area contributed by atoms with E-state index in [-0.39, 0.29) is 23.0 Å². The third-order valence-electron chi connectivity index (χ3n) is 5.96. The molecular formula is C26H26Cl2O8S2. The van der Waals surface area contributed by atoms with Gasteiger partial charge in [-0.2, -0.15) is 16.8 Å². The Labute approximate surface area is 232 Å². The Morgan fingerprint density at radius 3 is 1.63 bits per heavy atom. The lowest BCUT2D eigenvalue weighted by atomic mass is 9.91. The average molecular weight is 602 g/mol. The predicted octanol–water partition coefficient (Wildman–Crippen LogP) is 5.45. The molecule has 0 aromatic heterocycles. The maximum atomic E-state index is 12.9. The first-order valence-corrected chi connectivity index (χ1v) is 15.1. The molecule has 0 aliphatic carbocycles. The fraction of sp³-hybridized carbons (Fsp3) is 0.308. The molecule has 1 heterocycles. The first-order valence-electron chi connectivity index (χ1n) is 11.5. The van der Waals surface area contributed by atoms with Gasteiger partial charge in [-0.3, -0.25) is 8.37 Å². The maximum Gasteiger partial charge on any atom is 0.296 e. The molecule has 0 bridgehead atoms. The summed E-state index contributed by atoms with van der Waals surface area (Å²) in [5, 5.41) is 0.764. The van der Waals surface area contributed by atoms with E-state index in [9.17, 15) is 16.8 Å². The molecule has 0 amide bonds. The molecule has 204 valence electrons. The number of rotatable bonds is 9. The zero-order valence-corrected chi connectivity index (χ0v) is 23.7. The van der Waals surface area contributed by atoms with Crippen LogP contribution in [0.15, 0.2) is 76.5 Å². The monoisotopic (exact) mass is 600 g/mol. The third-order valence-corrected chi connectivity index (χ3v) is 9.08. The molecular weight excluding hydrogens is 575 g/mol. The van der Waals surface area contributed by atoms with Crippen molar-refractivity contribution in [1.82, 2.24) is 0 Å². The van der Waals surface area contributed by atoms with Crippen molar-refractivity contribution < 1.29 is 34.7 Å². The van der Waals surface area contributed by atoms with Crippen molar-refractivity contribution in [3.05, 3.63) is 93.5 Å². The Morgan fingerprint density at radius 1 is 0.763 bits per heavy atom. The summed E-state index contributed by atoms with van der Waals surface area (Å²) in [4.78, 5) is -0.0650. The zero-order chi connectivity index (χ0) is 27.6. The molecule has 3 aromatic carbocycles. The standard InChI is InChI=1S/C26H26Cl2O8S2/c1-18-3-8-21(9-4-18)37(29,30)35-16-26(17-36-38(31,32)22-10-5-19(2)6-11-22)14-33-25(34-15-26)23-12-7-20(27)13-24(23)28/h3-13,25H,14-17H2,1-2H3. The fourth-order valence-electron chi connectivity index (χ4n) is 3.63. The number of hydrogen-bond acceptors (Lipinski definition) is 8. The molecule has 8 nitrogen and oxygen atoms in total. The Kier molecular flexibility index (Phi) is 8.85. The lowest BCUT2D eigenvalue weighted by Crippen LogP contribution is -2.46. The van der Waals surface area contributed by atoms with Crippen LogP contribution in [0.4, 0.5) is 0 Å². The summed E-state index contributed by atoms with van der Waals surface area (Å²) in [6.45, 7) is 2.49. The highest BCUT2D eigenvalue weighted by Gasteiger charge is 2.42. The summed E-state index contributed by atoms with van der Waals surface area (Å²) in [5.74, 6) is 0. The van der Waals surface area contributed by atoms with E-state index in [2.05, 4.69) is 0 Å². The molecule has 0 N–H and O–H groups in total. The van der Waals surface area contributed by atoms with Gasteiger partial charge in [0.05, 0.1) is 46.7 Å². The Morgan fingerprint density at radius 2 is 1.21 bits per heavy atom. The van der Waals surface area contributed by atoms with Crippen LogP contribution < -0.4 is 0 Å². The topological polar surface area (TPSA) is 105 Å². The minimum absolute atomic E-state index is 0.0325. The van der Waals surface area contributed by atoms with Gasteiger partial charge in [-0.05, 0) is 50.2 Å². The molecule has 4 rings (SSSR count). The zero-order valence-electron chi connectivity index (χ0n) is 20.6. The van der Waals surface area contributed by atoms with Gasteiger partial charge in [-0.1, -0.05) is 64.7 Å². The summed E-state index contributed by atoms with van der Waals surface area (Å²) < 4.78 is 73.9. The molecule has 12 heteroatoms. The van der Waals surface area contributed by atoms with Gasteiger partial charge in [-0.15, -0.1) is 0 Å². The van der Waals surface area contributed by atoms with Crippen molar-refractivity contribution in [3.63, 3.8) is 0 Å². The van der Waals surface area contributed by atoms with Gasteiger partial charge in [0.2, 0.25) is 0 Å². The van der Waals surface area contributed by atoms with Gasteiger partial charge in [0.15, 0.2) is 6.29 Å². The molecule has 0 atom stereocenters. The van der Waals surface area contributed by atoms with E-state index in [0.717, 1.165) is 11.1 Å². The van der Waals surface area contributed by atoms with Gasteiger partial charge in [-0.25, -0.2) is 0 Å². The largest absolute Gasteiger partial charge is 0.347 e. The molecule has 0 spiro atoms. The average Bonchev–Trinajstić information content (AvgIpc) is 2.88. The van der Waals surface area contributed by atoms with E-state index in [1.54, 1.807) is 42.5 Å². The highest BCUT2D eigenvalue weighted by atomic mass is 35.5. The smallest absolute Gasteiger partial charge is 0.296 e. The van der Waals surface area contributed by atoms with E-state index in [1.807, 2.05) is 13.8 Å². The molecule has 0 saturated carbocycles. The predicted molar refractivity (Wildman–Crippen MR) is 142 cm³/mol. The van der Waals surface area contributed by atoms with E-state index in [1.165, 1.54) is 24.3 Å². The first-order chi connectivity index (χ1) is 17.9. The first kappa shape index (κ1) is 29.0. The summed E-state index contributed by atoms with van der Waals surface area (Å²) in [6, 6.07) is 17.2. The Balaban J connectivity index is 1.54. The van der Waals surface area contributed by atoms with Crippen LogP contribution >= 0.6 is 23.2 Å². The molecule has 0 unspecified atom stereocenters. The minimum Gasteiger partial charge on any atom is -0.347 e. The molecule has 3 aromatic rings. The summed E-state index contributed by atoms with van der Waals surface area (Å²) >= 11 is 12.3. The van der Waals surface area contributed by atoms with Crippen LogP contribution in [0.1, 0.15) is 23.0 Å². The summed E-state index contributed by atoms with van der Waals surface area (Å²) in [5.41, 5.74) is 1.02. The molecule has 0 radical (unpaired) electrons. The highest BCUT2D eigenvalue weighted by molar-refractivity contribution is 7.87. The van der Waals surface area contributed by atoms with Crippen molar-refractivity contribution in [2.75, 3.05) is 26.4 Å². The number of hydrogen-bond donors (Lipinski definition) is 0. The van der Waals surface area contributed by atoms with Crippen molar-refractivity contribution in [1.29, 1.82) is 0 Å².